The summed E-state index contributed by atoms with van der Waals surface area (Å²) in [4.78, 5) is 4.71. The summed E-state index contributed by atoms with van der Waals surface area (Å²) in [6.45, 7) is 5.96. The molecule has 1 aliphatic heterocycles. The first-order valence-corrected chi connectivity index (χ1v) is 9.64. The fraction of sp³-hybridized carbons (Fsp3) is 0.292. The first kappa shape index (κ1) is 19.1. The summed E-state index contributed by atoms with van der Waals surface area (Å²) in [6, 6.07) is 9.35. The number of fused-ring (bicyclic) bond motifs is 2. The highest BCUT2D eigenvalue weighted by Gasteiger charge is 2.27. The van der Waals surface area contributed by atoms with Gasteiger partial charge in [-0.25, -0.2) is 0 Å². The molecule has 0 radical (unpaired) electrons. The number of aryl methyl sites for hydroxylation is 1. The number of rotatable bonds is 3. The van der Waals surface area contributed by atoms with Crippen molar-refractivity contribution in [1.29, 1.82) is 0 Å². The maximum atomic E-state index is 11.0. The summed E-state index contributed by atoms with van der Waals surface area (Å²) in [6.07, 6.45) is 0.750. The van der Waals surface area contributed by atoms with E-state index >= 15 is 0 Å². The minimum atomic E-state index is 0.140. The SMILES string of the molecule is COc1c2c(cc(O)c1-c1ccc(OC)c3c(O)cc(C)cc13)C[C@H](C)N=C2C. The molecule has 0 spiro atoms. The van der Waals surface area contributed by atoms with E-state index in [4.69, 9.17) is 14.5 Å². The number of phenolic OH excluding ortho intramolecular Hbond substituents is 2. The van der Waals surface area contributed by atoms with Gasteiger partial charge in [0.05, 0.1) is 31.2 Å². The zero-order valence-electron chi connectivity index (χ0n) is 17.3. The largest absolute Gasteiger partial charge is 0.507 e. The molecule has 0 saturated heterocycles. The van der Waals surface area contributed by atoms with Crippen LogP contribution >= 0.6 is 0 Å². The molecule has 2 N–H and O–H groups in total. The molecule has 1 atom stereocenters. The van der Waals surface area contributed by atoms with Crippen molar-refractivity contribution < 1.29 is 19.7 Å². The predicted octanol–water partition coefficient (Wildman–Crippen LogP) is 5.00. The van der Waals surface area contributed by atoms with Gasteiger partial charge in [-0.05, 0) is 73.5 Å². The first-order chi connectivity index (χ1) is 13.8. The smallest absolute Gasteiger partial charge is 0.139 e. The van der Waals surface area contributed by atoms with Crippen LogP contribution in [0.2, 0.25) is 0 Å². The molecule has 0 fully saturated rings. The van der Waals surface area contributed by atoms with Gasteiger partial charge < -0.3 is 19.7 Å². The quantitative estimate of drug-likeness (QED) is 0.659. The van der Waals surface area contributed by atoms with Gasteiger partial charge in [-0.15, -0.1) is 0 Å². The lowest BCUT2D eigenvalue weighted by atomic mass is 9.87. The third-order valence-corrected chi connectivity index (χ3v) is 5.53. The third-order valence-electron chi connectivity index (χ3n) is 5.53. The van der Waals surface area contributed by atoms with Gasteiger partial charge in [-0.2, -0.15) is 0 Å². The van der Waals surface area contributed by atoms with Crippen molar-refractivity contribution in [3.63, 3.8) is 0 Å². The molecule has 0 aromatic heterocycles. The summed E-state index contributed by atoms with van der Waals surface area (Å²) >= 11 is 0. The van der Waals surface area contributed by atoms with Crippen LogP contribution in [0.3, 0.4) is 0 Å². The Balaban J connectivity index is 2.11. The van der Waals surface area contributed by atoms with Crippen LogP contribution in [0.25, 0.3) is 21.9 Å². The Morgan fingerprint density at radius 3 is 2.41 bits per heavy atom. The summed E-state index contributed by atoms with van der Waals surface area (Å²) in [5.74, 6) is 1.46. The van der Waals surface area contributed by atoms with E-state index in [2.05, 4.69) is 6.92 Å². The van der Waals surface area contributed by atoms with E-state index in [0.717, 1.165) is 39.8 Å². The molecule has 0 unspecified atom stereocenters. The van der Waals surface area contributed by atoms with Gasteiger partial charge in [0.1, 0.15) is 23.0 Å². The van der Waals surface area contributed by atoms with E-state index in [1.165, 1.54) is 0 Å². The van der Waals surface area contributed by atoms with Crippen molar-refractivity contribution in [2.45, 2.75) is 33.2 Å². The highest BCUT2D eigenvalue weighted by Crippen LogP contribution is 2.48. The molecule has 0 amide bonds. The summed E-state index contributed by atoms with van der Waals surface area (Å²) in [7, 11) is 3.18. The van der Waals surface area contributed by atoms with Crippen molar-refractivity contribution in [1.82, 2.24) is 0 Å². The van der Waals surface area contributed by atoms with Gasteiger partial charge in [-0.3, -0.25) is 4.99 Å². The van der Waals surface area contributed by atoms with Crippen molar-refractivity contribution >= 4 is 16.5 Å². The van der Waals surface area contributed by atoms with Crippen LogP contribution in [0.1, 0.15) is 30.5 Å². The Hall–Kier alpha value is -3.21. The molecule has 3 aromatic carbocycles. The lowest BCUT2D eigenvalue weighted by molar-refractivity contribution is 0.407. The van der Waals surface area contributed by atoms with Gasteiger partial charge in [-0.1, -0.05) is 6.07 Å². The Morgan fingerprint density at radius 1 is 0.966 bits per heavy atom. The second kappa shape index (κ2) is 6.99. The molecule has 3 aromatic rings. The average molecular weight is 391 g/mol. The van der Waals surface area contributed by atoms with Crippen molar-refractivity contribution in [2.75, 3.05) is 14.2 Å². The molecule has 5 nitrogen and oxygen atoms in total. The number of aromatic hydroxyl groups is 2. The standard InChI is InChI=1S/C24H25NO4/c1-12-8-17-16(6-7-20(28-4)22(17)18(26)9-12)23-19(27)11-15-10-13(2)25-14(3)21(15)24(23)29-5/h6-9,11,13,26-27H,10H2,1-5H3/t13-/m0/s1. The molecule has 4 rings (SSSR count). The first-order valence-electron chi connectivity index (χ1n) is 9.64. The van der Waals surface area contributed by atoms with Crippen LogP contribution in [0.5, 0.6) is 23.0 Å². The van der Waals surface area contributed by atoms with Crippen LogP contribution in [0, 0.1) is 6.92 Å². The fourth-order valence-corrected chi connectivity index (χ4v) is 4.44. The zero-order valence-corrected chi connectivity index (χ0v) is 17.3. The fourth-order valence-electron chi connectivity index (χ4n) is 4.44. The maximum Gasteiger partial charge on any atom is 0.139 e. The van der Waals surface area contributed by atoms with E-state index in [1.807, 2.05) is 32.0 Å². The molecular formula is C24H25NO4. The number of aliphatic imine (C=N–C) groups is 1. The van der Waals surface area contributed by atoms with Crippen molar-refractivity contribution in [3.05, 3.63) is 47.0 Å². The molecule has 1 aliphatic rings. The normalized spacial score (nSPS) is 15.8. The van der Waals surface area contributed by atoms with Gasteiger partial charge in [0.2, 0.25) is 0 Å². The minimum absolute atomic E-state index is 0.140. The Morgan fingerprint density at radius 2 is 1.72 bits per heavy atom. The van der Waals surface area contributed by atoms with Crippen LogP contribution in [0.15, 0.2) is 35.3 Å². The van der Waals surface area contributed by atoms with E-state index < -0.39 is 0 Å². The highest BCUT2D eigenvalue weighted by molar-refractivity contribution is 6.10. The third kappa shape index (κ3) is 2.97. The zero-order chi connectivity index (χ0) is 20.9. The number of hydrogen-bond acceptors (Lipinski definition) is 5. The predicted molar refractivity (Wildman–Crippen MR) is 116 cm³/mol. The van der Waals surface area contributed by atoms with E-state index in [1.54, 1.807) is 26.4 Å². The number of nitrogens with zero attached hydrogens (tertiary/aromatic N) is 1. The monoisotopic (exact) mass is 391 g/mol. The average Bonchev–Trinajstić information content (AvgIpc) is 2.65. The Bertz CT molecular complexity index is 1160. The molecule has 150 valence electrons. The summed E-state index contributed by atoms with van der Waals surface area (Å²) < 4.78 is 11.3. The molecule has 5 heteroatoms. The van der Waals surface area contributed by atoms with Crippen LogP contribution < -0.4 is 9.47 Å². The maximum absolute atomic E-state index is 11.0. The molecule has 0 saturated carbocycles. The summed E-state index contributed by atoms with van der Waals surface area (Å²) in [5, 5.41) is 23.0. The highest BCUT2D eigenvalue weighted by atomic mass is 16.5. The van der Waals surface area contributed by atoms with Crippen molar-refractivity contribution in [2.24, 2.45) is 4.99 Å². The number of hydrogen-bond donors (Lipinski definition) is 2. The van der Waals surface area contributed by atoms with E-state index in [0.29, 0.717) is 22.4 Å². The van der Waals surface area contributed by atoms with Crippen LogP contribution in [0.4, 0.5) is 0 Å². The lowest BCUT2D eigenvalue weighted by Crippen LogP contribution is -2.18. The molecule has 1 heterocycles. The Kier molecular flexibility index (Phi) is 4.61. The van der Waals surface area contributed by atoms with E-state index in [9.17, 15) is 10.2 Å². The summed E-state index contributed by atoms with van der Waals surface area (Å²) in [5.41, 5.74) is 5.12. The second-order valence-electron chi connectivity index (χ2n) is 7.63. The Labute approximate surface area is 170 Å². The molecule has 0 aliphatic carbocycles. The van der Waals surface area contributed by atoms with Gasteiger partial charge >= 0.3 is 0 Å². The molecule has 0 bridgehead atoms. The van der Waals surface area contributed by atoms with Gasteiger partial charge in [0, 0.05) is 11.3 Å². The topological polar surface area (TPSA) is 71.3 Å². The van der Waals surface area contributed by atoms with Gasteiger partial charge in [0.15, 0.2) is 0 Å². The molecular weight excluding hydrogens is 366 g/mol. The van der Waals surface area contributed by atoms with Crippen LogP contribution in [-0.2, 0) is 6.42 Å². The number of ether oxygens (including phenoxy) is 2. The number of methoxy groups -OCH3 is 2. The molecule has 29 heavy (non-hydrogen) atoms. The number of phenols is 2. The second-order valence-corrected chi connectivity index (χ2v) is 7.63. The lowest BCUT2D eigenvalue weighted by Gasteiger charge is -2.25. The minimum Gasteiger partial charge on any atom is -0.507 e. The number of benzene rings is 3. The van der Waals surface area contributed by atoms with Crippen LogP contribution in [-0.4, -0.2) is 36.2 Å². The van der Waals surface area contributed by atoms with Gasteiger partial charge in [0.25, 0.3) is 0 Å². The van der Waals surface area contributed by atoms with E-state index in [-0.39, 0.29) is 17.5 Å². The van der Waals surface area contributed by atoms with Crippen molar-refractivity contribution in [3.8, 4) is 34.1 Å².